The van der Waals surface area contributed by atoms with Crippen molar-refractivity contribution in [2.24, 2.45) is 0 Å². The summed E-state index contributed by atoms with van der Waals surface area (Å²) in [6.07, 6.45) is 1.60. The van der Waals surface area contributed by atoms with Gasteiger partial charge in [-0.25, -0.2) is 16.8 Å². The average Bonchev–Trinajstić information content (AvgIpc) is 3.40. The topological polar surface area (TPSA) is 122 Å². The molecule has 12 heteroatoms. The van der Waals surface area contributed by atoms with Gasteiger partial charge < -0.3 is 10.1 Å². The van der Waals surface area contributed by atoms with Crippen LogP contribution in [0.2, 0.25) is 5.02 Å². The molecule has 1 fully saturated rings. The second kappa shape index (κ2) is 10.7. The van der Waals surface area contributed by atoms with Crippen molar-refractivity contribution in [3.05, 3.63) is 76.8 Å². The summed E-state index contributed by atoms with van der Waals surface area (Å²) in [6.45, 7) is 2.75. The summed E-state index contributed by atoms with van der Waals surface area (Å²) in [5.41, 5.74) is 1.33. The molecule has 1 amide bonds. The largest absolute Gasteiger partial charge is 0.495 e. The molecule has 3 aromatic carbocycles. The van der Waals surface area contributed by atoms with E-state index in [0.717, 1.165) is 18.4 Å². The Morgan fingerprint density at radius 1 is 0.919 bits per heavy atom. The van der Waals surface area contributed by atoms with Gasteiger partial charge in [0.1, 0.15) is 5.75 Å². The highest BCUT2D eigenvalue weighted by atomic mass is 35.5. The van der Waals surface area contributed by atoms with Gasteiger partial charge in [-0.3, -0.25) is 9.52 Å². The van der Waals surface area contributed by atoms with Crippen molar-refractivity contribution in [3.8, 4) is 5.75 Å². The number of hydrogen-bond acceptors (Lipinski definition) is 6. The van der Waals surface area contributed by atoms with Gasteiger partial charge >= 0.3 is 0 Å². The number of carbonyl (C=O) groups excluding carboxylic acids is 1. The summed E-state index contributed by atoms with van der Waals surface area (Å²) < 4.78 is 60.4. The first-order valence-corrected chi connectivity index (χ1v) is 14.7. The number of halogens is 1. The second-order valence-electron chi connectivity index (χ2n) is 8.54. The number of carbonyl (C=O) groups is 1. The zero-order valence-corrected chi connectivity index (χ0v) is 22.6. The Morgan fingerprint density at radius 2 is 1.57 bits per heavy atom. The van der Waals surface area contributed by atoms with E-state index in [2.05, 4.69) is 10.0 Å². The van der Waals surface area contributed by atoms with Crippen molar-refractivity contribution >= 4 is 48.9 Å². The van der Waals surface area contributed by atoms with E-state index in [9.17, 15) is 21.6 Å². The molecule has 4 rings (SSSR count). The van der Waals surface area contributed by atoms with Crippen molar-refractivity contribution in [2.75, 3.05) is 30.2 Å². The van der Waals surface area contributed by atoms with E-state index < -0.39 is 26.0 Å². The van der Waals surface area contributed by atoms with Crippen LogP contribution >= 0.6 is 11.6 Å². The lowest BCUT2D eigenvalue weighted by atomic mass is 10.2. The van der Waals surface area contributed by atoms with Crippen molar-refractivity contribution in [2.45, 2.75) is 29.6 Å². The van der Waals surface area contributed by atoms with Crippen LogP contribution in [0.15, 0.2) is 70.5 Å². The van der Waals surface area contributed by atoms with Crippen LogP contribution in [0.1, 0.15) is 28.8 Å². The Bertz CT molecular complexity index is 1540. The zero-order valence-electron chi connectivity index (χ0n) is 20.2. The Hall–Kier alpha value is -3.12. The molecule has 1 aliphatic rings. The van der Waals surface area contributed by atoms with E-state index >= 15 is 0 Å². The molecule has 196 valence electrons. The summed E-state index contributed by atoms with van der Waals surface area (Å²) in [7, 11) is -6.15. The third-order valence-corrected chi connectivity index (χ3v) is 9.52. The molecule has 1 heterocycles. The molecule has 9 nitrogen and oxygen atoms in total. The Balaban J connectivity index is 1.55. The number of methoxy groups -OCH3 is 1. The Morgan fingerprint density at radius 3 is 2.19 bits per heavy atom. The second-order valence-corrected chi connectivity index (χ2v) is 12.6. The van der Waals surface area contributed by atoms with Gasteiger partial charge in [0, 0.05) is 13.1 Å². The molecule has 1 saturated heterocycles. The van der Waals surface area contributed by atoms with E-state index in [1.54, 1.807) is 12.1 Å². The zero-order chi connectivity index (χ0) is 26.8. The highest BCUT2D eigenvalue weighted by Crippen LogP contribution is 2.31. The number of hydrogen-bond donors (Lipinski definition) is 2. The van der Waals surface area contributed by atoms with Gasteiger partial charge in [0.2, 0.25) is 10.0 Å². The summed E-state index contributed by atoms with van der Waals surface area (Å²) in [6, 6.07) is 14.7. The fourth-order valence-electron chi connectivity index (χ4n) is 3.91. The predicted molar refractivity (Wildman–Crippen MR) is 142 cm³/mol. The lowest BCUT2D eigenvalue weighted by molar-refractivity contribution is 0.102. The van der Waals surface area contributed by atoms with Crippen molar-refractivity contribution in [1.82, 2.24) is 4.31 Å². The van der Waals surface area contributed by atoms with Crippen LogP contribution in [0, 0.1) is 6.92 Å². The summed E-state index contributed by atoms with van der Waals surface area (Å²) >= 11 is 6.32. The molecule has 1 aliphatic heterocycles. The van der Waals surface area contributed by atoms with Crippen LogP contribution in [-0.2, 0) is 20.0 Å². The minimum Gasteiger partial charge on any atom is -0.495 e. The van der Waals surface area contributed by atoms with Crippen LogP contribution in [-0.4, -0.2) is 47.2 Å². The van der Waals surface area contributed by atoms with Crippen LogP contribution in [0.3, 0.4) is 0 Å². The van der Waals surface area contributed by atoms with Gasteiger partial charge in [-0.1, -0.05) is 29.3 Å². The molecular formula is C25H26ClN3O6S2. The molecule has 0 radical (unpaired) electrons. The Labute approximate surface area is 221 Å². The molecule has 0 atom stereocenters. The minimum atomic E-state index is -3.85. The maximum absolute atomic E-state index is 13.0. The first kappa shape index (κ1) is 26.9. The molecule has 0 spiro atoms. The smallest absolute Gasteiger partial charge is 0.261 e. The fraction of sp³-hybridized carbons (Fsp3) is 0.240. The average molecular weight is 564 g/mol. The van der Waals surface area contributed by atoms with E-state index in [4.69, 9.17) is 16.3 Å². The lowest BCUT2D eigenvalue weighted by Crippen LogP contribution is -2.28. The minimum absolute atomic E-state index is 0.00131. The van der Waals surface area contributed by atoms with Gasteiger partial charge in [0.15, 0.2) is 0 Å². The number of anilines is 2. The fourth-order valence-corrected chi connectivity index (χ4v) is 6.77. The number of nitrogens with zero attached hydrogens (tertiary/aromatic N) is 1. The summed E-state index contributed by atoms with van der Waals surface area (Å²) in [5.74, 6) is -0.348. The summed E-state index contributed by atoms with van der Waals surface area (Å²) in [5, 5.41) is 2.65. The van der Waals surface area contributed by atoms with Crippen molar-refractivity contribution < 1.29 is 26.4 Å². The molecule has 0 unspecified atom stereocenters. The number of aryl methyl sites for hydroxylation is 1. The highest BCUT2D eigenvalue weighted by Gasteiger charge is 2.28. The van der Waals surface area contributed by atoms with E-state index in [0.29, 0.717) is 13.1 Å². The maximum atomic E-state index is 13.0. The molecule has 3 aromatic rings. The normalized spacial score (nSPS) is 14.4. The molecule has 0 saturated carbocycles. The predicted octanol–water partition coefficient (Wildman–Crippen LogP) is 4.49. The van der Waals surface area contributed by atoms with E-state index in [1.165, 1.54) is 59.9 Å². The Kier molecular flexibility index (Phi) is 7.79. The van der Waals surface area contributed by atoms with E-state index in [-0.39, 0.29) is 37.5 Å². The molecule has 0 aromatic heterocycles. The van der Waals surface area contributed by atoms with Crippen LogP contribution in [0.5, 0.6) is 5.75 Å². The molecular weight excluding hydrogens is 538 g/mol. The number of ether oxygens (including phenoxy) is 1. The first-order valence-electron chi connectivity index (χ1n) is 11.4. The molecule has 0 bridgehead atoms. The van der Waals surface area contributed by atoms with Crippen LogP contribution in [0.25, 0.3) is 0 Å². The molecule has 0 aliphatic carbocycles. The third-order valence-electron chi connectivity index (χ3n) is 5.92. The van der Waals surface area contributed by atoms with E-state index in [1.807, 2.05) is 6.92 Å². The van der Waals surface area contributed by atoms with Crippen molar-refractivity contribution in [3.63, 3.8) is 0 Å². The maximum Gasteiger partial charge on any atom is 0.261 e. The number of rotatable bonds is 8. The summed E-state index contributed by atoms with van der Waals surface area (Å²) in [4.78, 5) is 13.1. The van der Waals surface area contributed by atoms with Crippen molar-refractivity contribution in [1.29, 1.82) is 0 Å². The molecule has 37 heavy (non-hydrogen) atoms. The van der Waals surface area contributed by atoms with Crippen LogP contribution < -0.4 is 14.8 Å². The lowest BCUT2D eigenvalue weighted by Gasteiger charge is -2.18. The van der Waals surface area contributed by atoms with Gasteiger partial charge in [-0.2, -0.15) is 4.31 Å². The van der Waals surface area contributed by atoms with Crippen LogP contribution in [0.4, 0.5) is 11.4 Å². The highest BCUT2D eigenvalue weighted by molar-refractivity contribution is 7.92. The standard InChI is InChI=1S/C25H26ClN3O6S2/c1-17-5-8-19(9-6-17)36(31,32)28-18-7-11-21(22(26)15-18)25(30)27-23-16-20(10-12-24(23)35-2)37(33,34)29-13-3-4-14-29/h5-12,15-16,28H,3-4,13-14H2,1-2H3,(H,27,30). The number of amides is 1. The third kappa shape index (κ3) is 5.90. The monoisotopic (exact) mass is 563 g/mol. The number of benzene rings is 3. The molecule has 2 N–H and O–H groups in total. The number of nitrogens with one attached hydrogen (secondary N) is 2. The number of sulfonamides is 2. The van der Waals surface area contributed by atoms with Gasteiger partial charge in [0.25, 0.3) is 15.9 Å². The van der Waals surface area contributed by atoms with Gasteiger partial charge in [-0.05, 0) is 68.3 Å². The first-order chi connectivity index (χ1) is 17.5. The quantitative estimate of drug-likeness (QED) is 0.416. The van der Waals surface area contributed by atoms with Gasteiger partial charge in [0.05, 0.1) is 38.9 Å². The SMILES string of the molecule is COc1ccc(S(=O)(=O)N2CCCC2)cc1NC(=O)c1ccc(NS(=O)(=O)c2ccc(C)cc2)cc1Cl. The van der Waals surface area contributed by atoms with Gasteiger partial charge in [-0.15, -0.1) is 0 Å².